The molecule has 0 aliphatic rings. The van der Waals surface area contributed by atoms with Crippen LogP contribution in [0, 0.1) is 0 Å². The van der Waals surface area contributed by atoms with Crippen LogP contribution < -0.4 is 11.2 Å². The molecule has 1 heterocycles. The van der Waals surface area contributed by atoms with Crippen molar-refractivity contribution in [2.45, 2.75) is 0 Å². The molecule has 0 saturated carbocycles. The number of nitrogens with one attached hydrogen (secondary N) is 1. The van der Waals surface area contributed by atoms with Crippen LogP contribution in [-0.2, 0) is 0 Å². The van der Waals surface area contributed by atoms with Crippen molar-refractivity contribution in [1.29, 1.82) is 0 Å². The maximum absolute atomic E-state index is 10.7. The van der Waals surface area contributed by atoms with Crippen molar-refractivity contribution in [2.75, 3.05) is 0 Å². The first-order chi connectivity index (χ1) is 4.70. The van der Waals surface area contributed by atoms with Crippen molar-refractivity contribution in [3.63, 3.8) is 0 Å². The standard InChI is InChI=1S/C7H8N2O/c1-5(8)7-4-6(10)2-3-9-7/h2-4H,1,8H2,(H,9,10). The molecule has 3 heteroatoms. The van der Waals surface area contributed by atoms with Crippen molar-refractivity contribution in [1.82, 2.24) is 4.98 Å². The lowest BCUT2D eigenvalue weighted by atomic mass is 10.3. The SMILES string of the molecule is C=C(N)c1cc(=O)cc[nH]1. The minimum Gasteiger partial charge on any atom is -0.398 e. The molecule has 1 rings (SSSR count). The molecule has 0 atom stereocenters. The zero-order chi connectivity index (χ0) is 7.56. The van der Waals surface area contributed by atoms with Gasteiger partial charge >= 0.3 is 0 Å². The van der Waals surface area contributed by atoms with Crippen LogP contribution in [0.25, 0.3) is 5.70 Å². The lowest BCUT2D eigenvalue weighted by molar-refractivity contribution is 1.24. The summed E-state index contributed by atoms with van der Waals surface area (Å²) >= 11 is 0. The molecule has 52 valence electrons. The first-order valence-corrected chi connectivity index (χ1v) is 2.83. The minimum absolute atomic E-state index is 0.0691. The van der Waals surface area contributed by atoms with E-state index in [1.54, 1.807) is 0 Å². The van der Waals surface area contributed by atoms with Crippen LogP contribution in [0.1, 0.15) is 5.69 Å². The summed E-state index contributed by atoms with van der Waals surface area (Å²) in [6.07, 6.45) is 1.54. The number of aromatic nitrogens is 1. The summed E-state index contributed by atoms with van der Waals surface area (Å²) in [6.45, 7) is 3.47. The van der Waals surface area contributed by atoms with E-state index in [2.05, 4.69) is 11.6 Å². The van der Waals surface area contributed by atoms with Crippen LogP contribution in [0.15, 0.2) is 29.7 Å². The second-order valence-corrected chi connectivity index (χ2v) is 1.96. The Morgan fingerprint density at radius 2 is 2.40 bits per heavy atom. The smallest absolute Gasteiger partial charge is 0.182 e. The van der Waals surface area contributed by atoms with Gasteiger partial charge in [-0.05, 0) is 0 Å². The number of rotatable bonds is 1. The zero-order valence-electron chi connectivity index (χ0n) is 5.42. The third-order valence-corrected chi connectivity index (χ3v) is 1.12. The molecular formula is C7H8N2O. The van der Waals surface area contributed by atoms with Crippen LogP contribution in [-0.4, -0.2) is 4.98 Å². The number of aromatic amines is 1. The summed E-state index contributed by atoms with van der Waals surface area (Å²) in [5.74, 6) is 0. The van der Waals surface area contributed by atoms with Crippen LogP contribution in [0.3, 0.4) is 0 Å². The molecule has 10 heavy (non-hydrogen) atoms. The van der Waals surface area contributed by atoms with E-state index >= 15 is 0 Å². The number of hydrogen-bond donors (Lipinski definition) is 2. The van der Waals surface area contributed by atoms with E-state index in [1.807, 2.05) is 0 Å². The maximum Gasteiger partial charge on any atom is 0.182 e. The molecule has 0 bridgehead atoms. The summed E-state index contributed by atoms with van der Waals surface area (Å²) in [5, 5.41) is 0. The second-order valence-electron chi connectivity index (χ2n) is 1.96. The van der Waals surface area contributed by atoms with Gasteiger partial charge in [-0.25, -0.2) is 0 Å². The van der Waals surface area contributed by atoms with Gasteiger partial charge in [-0.15, -0.1) is 0 Å². The Bertz CT molecular complexity index is 300. The Labute approximate surface area is 58.2 Å². The first-order valence-electron chi connectivity index (χ1n) is 2.83. The van der Waals surface area contributed by atoms with Crippen LogP contribution in [0.4, 0.5) is 0 Å². The molecule has 0 amide bonds. The number of pyridine rings is 1. The molecule has 0 aliphatic carbocycles. The van der Waals surface area contributed by atoms with Gasteiger partial charge in [0.2, 0.25) is 0 Å². The predicted octanol–water partition coefficient (Wildman–Crippen LogP) is 0.304. The van der Waals surface area contributed by atoms with Crippen molar-refractivity contribution in [3.8, 4) is 0 Å². The van der Waals surface area contributed by atoms with E-state index in [1.165, 1.54) is 18.3 Å². The third-order valence-electron chi connectivity index (χ3n) is 1.12. The van der Waals surface area contributed by atoms with Gasteiger partial charge in [-0.1, -0.05) is 6.58 Å². The molecule has 1 aromatic heterocycles. The van der Waals surface area contributed by atoms with Crippen LogP contribution in [0.5, 0.6) is 0 Å². The van der Waals surface area contributed by atoms with E-state index in [9.17, 15) is 4.79 Å². The topological polar surface area (TPSA) is 58.9 Å². The van der Waals surface area contributed by atoms with E-state index in [0.717, 1.165) is 0 Å². The molecule has 0 unspecified atom stereocenters. The highest BCUT2D eigenvalue weighted by Gasteiger charge is 1.91. The molecule has 0 aromatic carbocycles. The van der Waals surface area contributed by atoms with Crippen molar-refractivity contribution < 1.29 is 0 Å². The van der Waals surface area contributed by atoms with Crippen LogP contribution >= 0.6 is 0 Å². The molecule has 3 nitrogen and oxygen atoms in total. The van der Waals surface area contributed by atoms with Gasteiger partial charge in [-0.3, -0.25) is 4.79 Å². The normalized spacial score (nSPS) is 9.20. The fourth-order valence-corrected chi connectivity index (χ4v) is 0.631. The summed E-state index contributed by atoms with van der Waals surface area (Å²) in [6, 6.07) is 2.83. The highest BCUT2D eigenvalue weighted by Crippen LogP contribution is 1.95. The van der Waals surface area contributed by atoms with Crippen LogP contribution in [0.2, 0.25) is 0 Å². The van der Waals surface area contributed by atoms with Crippen molar-refractivity contribution in [3.05, 3.63) is 40.8 Å². The largest absolute Gasteiger partial charge is 0.398 e. The molecule has 0 radical (unpaired) electrons. The summed E-state index contributed by atoms with van der Waals surface area (Å²) in [7, 11) is 0. The van der Waals surface area contributed by atoms with E-state index in [-0.39, 0.29) is 5.43 Å². The van der Waals surface area contributed by atoms with E-state index in [0.29, 0.717) is 11.4 Å². The van der Waals surface area contributed by atoms with Gasteiger partial charge in [-0.2, -0.15) is 0 Å². The number of H-pyrrole nitrogens is 1. The van der Waals surface area contributed by atoms with Gasteiger partial charge in [0.1, 0.15) is 0 Å². The molecule has 1 aromatic rings. The van der Waals surface area contributed by atoms with Gasteiger partial charge < -0.3 is 10.7 Å². The van der Waals surface area contributed by atoms with E-state index < -0.39 is 0 Å². The average molecular weight is 136 g/mol. The summed E-state index contributed by atoms with van der Waals surface area (Å²) in [5.41, 5.74) is 6.20. The lowest BCUT2D eigenvalue weighted by Gasteiger charge is -1.95. The fraction of sp³-hybridized carbons (Fsp3) is 0. The van der Waals surface area contributed by atoms with Crippen molar-refractivity contribution in [2.24, 2.45) is 5.73 Å². The average Bonchev–Trinajstić information content (AvgIpc) is 1.88. The lowest BCUT2D eigenvalue weighted by Crippen LogP contribution is -2.03. The monoisotopic (exact) mass is 136 g/mol. The predicted molar refractivity (Wildman–Crippen MR) is 40.3 cm³/mol. The van der Waals surface area contributed by atoms with E-state index in [4.69, 9.17) is 5.73 Å². The Morgan fingerprint density at radius 1 is 1.70 bits per heavy atom. The molecule has 0 fully saturated rings. The summed E-state index contributed by atoms with van der Waals surface area (Å²) in [4.78, 5) is 13.5. The quantitative estimate of drug-likeness (QED) is 0.583. The highest BCUT2D eigenvalue weighted by molar-refractivity contribution is 5.55. The highest BCUT2D eigenvalue weighted by atomic mass is 16.1. The zero-order valence-corrected chi connectivity index (χ0v) is 5.42. The number of hydrogen-bond acceptors (Lipinski definition) is 2. The number of nitrogens with two attached hydrogens (primary N) is 1. The second kappa shape index (κ2) is 2.39. The van der Waals surface area contributed by atoms with Crippen molar-refractivity contribution >= 4 is 5.70 Å². The van der Waals surface area contributed by atoms with Gasteiger partial charge in [0.15, 0.2) is 5.43 Å². The Morgan fingerprint density at radius 3 is 2.80 bits per heavy atom. The fourth-order valence-electron chi connectivity index (χ4n) is 0.631. The van der Waals surface area contributed by atoms with Gasteiger partial charge in [0.05, 0.1) is 5.69 Å². The maximum atomic E-state index is 10.7. The molecule has 3 N–H and O–H groups in total. The van der Waals surface area contributed by atoms with Gasteiger partial charge in [0.25, 0.3) is 0 Å². The molecule has 0 spiro atoms. The Kier molecular flexibility index (Phi) is 1.58. The third kappa shape index (κ3) is 1.25. The van der Waals surface area contributed by atoms with Gasteiger partial charge in [0, 0.05) is 24.0 Å². The molecular weight excluding hydrogens is 128 g/mol. The molecule has 0 aliphatic heterocycles. The first kappa shape index (κ1) is 6.61. The minimum atomic E-state index is -0.0691. The Hall–Kier alpha value is -1.51. The summed E-state index contributed by atoms with van der Waals surface area (Å²) < 4.78 is 0. The Balaban J connectivity index is 3.20. The molecule has 0 saturated heterocycles.